The molecule has 0 unspecified atom stereocenters. The fraction of sp³-hybridized carbons (Fsp3) is 0.278. The summed E-state index contributed by atoms with van der Waals surface area (Å²) in [7, 11) is 3.97. The number of rotatable bonds is 8. The largest absolute Gasteiger partial charge is 0.492 e. The Morgan fingerprint density at radius 2 is 1.80 bits per heavy atom. The van der Waals surface area contributed by atoms with Gasteiger partial charge in [0.2, 0.25) is 0 Å². The summed E-state index contributed by atoms with van der Waals surface area (Å²) < 4.78 is 11.0. The summed E-state index contributed by atoms with van der Waals surface area (Å²) in [6, 6.07) is 12.0. The van der Waals surface area contributed by atoms with E-state index < -0.39 is 0 Å². The van der Waals surface area contributed by atoms with Crippen LogP contribution in [-0.2, 0) is 4.79 Å². The molecular formula is C18H20Cl2N2O3. The number of nitrogens with one attached hydrogen (secondary N) is 1. The zero-order chi connectivity index (χ0) is 18.2. The maximum absolute atomic E-state index is 12.0. The van der Waals surface area contributed by atoms with Gasteiger partial charge in [-0.1, -0.05) is 23.2 Å². The number of ether oxygens (including phenoxy) is 2. The molecule has 0 aliphatic carbocycles. The number of benzene rings is 2. The Bertz CT molecular complexity index is 706. The van der Waals surface area contributed by atoms with Crippen molar-refractivity contribution in [2.45, 2.75) is 0 Å². The predicted octanol–water partition coefficient (Wildman–Crippen LogP) is 3.95. The van der Waals surface area contributed by atoms with E-state index in [0.29, 0.717) is 28.1 Å². The SMILES string of the molecule is CN(C)CCOc1ccc(NC(=O)COc2cc(Cl)ccc2Cl)cc1. The van der Waals surface area contributed by atoms with Crippen LogP contribution in [0.5, 0.6) is 11.5 Å². The molecule has 0 bridgehead atoms. The Balaban J connectivity index is 1.81. The van der Waals surface area contributed by atoms with Crippen molar-refractivity contribution in [2.75, 3.05) is 39.2 Å². The van der Waals surface area contributed by atoms with Gasteiger partial charge in [0.1, 0.15) is 18.1 Å². The van der Waals surface area contributed by atoms with Gasteiger partial charge in [-0.3, -0.25) is 4.79 Å². The first kappa shape index (κ1) is 19.4. The average Bonchev–Trinajstić information content (AvgIpc) is 2.57. The second kappa shape index (κ2) is 9.51. The normalized spacial score (nSPS) is 10.6. The van der Waals surface area contributed by atoms with Crippen LogP contribution < -0.4 is 14.8 Å². The minimum Gasteiger partial charge on any atom is -0.492 e. The monoisotopic (exact) mass is 382 g/mol. The van der Waals surface area contributed by atoms with Crippen LogP contribution in [0.2, 0.25) is 10.0 Å². The lowest BCUT2D eigenvalue weighted by atomic mass is 10.3. The van der Waals surface area contributed by atoms with Gasteiger partial charge in [0.05, 0.1) is 5.02 Å². The molecule has 0 fully saturated rings. The van der Waals surface area contributed by atoms with Crippen molar-refractivity contribution in [2.24, 2.45) is 0 Å². The molecule has 2 rings (SSSR count). The molecule has 0 spiro atoms. The minimum absolute atomic E-state index is 0.166. The molecule has 1 N–H and O–H groups in total. The lowest BCUT2D eigenvalue weighted by molar-refractivity contribution is -0.118. The van der Waals surface area contributed by atoms with E-state index in [2.05, 4.69) is 5.32 Å². The lowest BCUT2D eigenvalue weighted by Crippen LogP contribution is -2.20. The number of nitrogens with zero attached hydrogens (tertiary/aromatic N) is 1. The van der Waals surface area contributed by atoms with Crippen molar-refractivity contribution in [3.8, 4) is 11.5 Å². The molecule has 7 heteroatoms. The summed E-state index contributed by atoms with van der Waals surface area (Å²) in [5.41, 5.74) is 0.658. The van der Waals surface area contributed by atoms with Crippen LogP contribution >= 0.6 is 23.2 Å². The Hall–Kier alpha value is -1.95. The number of likely N-dealkylation sites (N-methyl/N-ethyl adjacent to an activating group) is 1. The lowest BCUT2D eigenvalue weighted by Gasteiger charge is -2.12. The van der Waals surface area contributed by atoms with E-state index in [9.17, 15) is 4.79 Å². The molecule has 5 nitrogen and oxygen atoms in total. The van der Waals surface area contributed by atoms with Gasteiger partial charge in [0.25, 0.3) is 5.91 Å². The van der Waals surface area contributed by atoms with Crippen LogP contribution in [0.15, 0.2) is 42.5 Å². The van der Waals surface area contributed by atoms with Crippen molar-refractivity contribution in [3.63, 3.8) is 0 Å². The molecular weight excluding hydrogens is 363 g/mol. The summed E-state index contributed by atoms with van der Waals surface area (Å²) in [4.78, 5) is 14.0. The van der Waals surface area contributed by atoms with E-state index in [-0.39, 0.29) is 12.5 Å². The summed E-state index contributed by atoms with van der Waals surface area (Å²) >= 11 is 11.9. The van der Waals surface area contributed by atoms with E-state index in [1.807, 2.05) is 19.0 Å². The summed E-state index contributed by atoms with van der Waals surface area (Å²) in [5, 5.41) is 3.63. The Kier molecular flexibility index (Phi) is 7.37. The molecule has 0 aromatic heterocycles. The third-order valence-electron chi connectivity index (χ3n) is 3.20. The van der Waals surface area contributed by atoms with Gasteiger partial charge in [-0.25, -0.2) is 0 Å². The highest BCUT2D eigenvalue weighted by atomic mass is 35.5. The number of hydrogen-bond donors (Lipinski definition) is 1. The van der Waals surface area contributed by atoms with Crippen LogP contribution in [0, 0.1) is 0 Å². The first-order valence-corrected chi connectivity index (χ1v) is 8.45. The zero-order valence-corrected chi connectivity index (χ0v) is 15.6. The summed E-state index contributed by atoms with van der Waals surface area (Å²) in [6.45, 7) is 1.27. The van der Waals surface area contributed by atoms with E-state index >= 15 is 0 Å². The minimum atomic E-state index is -0.294. The van der Waals surface area contributed by atoms with Gasteiger partial charge in [0.15, 0.2) is 6.61 Å². The summed E-state index contributed by atoms with van der Waals surface area (Å²) in [5.74, 6) is 0.827. The number of carbonyl (C=O) groups excluding carboxylic acids is 1. The van der Waals surface area contributed by atoms with Crippen molar-refractivity contribution >= 4 is 34.8 Å². The summed E-state index contributed by atoms with van der Waals surface area (Å²) in [6.07, 6.45) is 0. The molecule has 0 aliphatic heterocycles. The standard InChI is InChI=1S/C18H20Cl2N2O3/c1-22(2)9-10-24-15-6-4-14(5-7-15)21-18(23)12-25-17-11-13(19)3-8-16(17)20/h3-8,11H,9-10,12H2,1-2H3,(H,21,23). The third kappa shape index (κ3) is 6.82. The predicted molar refractivity (Wildman–Crippen MR) is 101 cm³/mol. The maximum atomic E-state index is 12.0. The smallest absolute Gasteiger partial charge is 0.262 e. The first-order chi connectivity index (χ1) is 11.9. The number of hydrogen-bond acceptors (Lipinski definition) is 4. The third-order valence-corrected chi connectivity index (χ3v) is 3.74. The molecule has 0 radical (unpaired) electrons. The topological polar surface area (TPSA) is 50.8 Å². The van der Waals surface area contributed by atoms with Crippen LogP contribution in [-0.4, -0.2) is 44.7 Å². The highest BCUT2D eigenvalue weighted by molar-refractivity contribution is 6.34. The second-order valence-corrected chi connectivity index (χ2v) is 6.43. The van der Waals surface area contributed by atoms with Crippen molar-refractivity contribution < 1.29 is 14.3 Å². The zero-order valence-electron chi connectivity index (χ0n) is 14.1. The van der Waals surface area contributed by atoms with E-state index in [4.69, 9.17) is 32.7 Å². The average molecular weight is 383 g/mol. The molecule has 134 valence electrons. The van der Waals surface area contributed by atoms with Gasteiger partial charge in [-0.2, -0.15) is 0 Å². The Labute approximate surface area is 157 Å². The van der Waals surface area contributed by atoms with E-state index in [0.717, 1.165) is 12.3 Å². The van der Waals surface area contributed by atoms with Crippen molar-refractivity contribution in [3.05, 3.63) is 52.5 Å². The molecule has 25 heavy (non-hydrogen) atoms. The Morgan fingerprint density at radius 1 is 1.08 bits per heavy atom. The molecule has 0 aliphatic rings. The van der Waals surface area contributed by atoms with Crippen LogP contribution in [0.4, 0.5) is 5.69 Å². The van der Waals surface area contributed by atoms with Gasteiger partial charge >= 0.3 is 0 Å². The number of amides is 1. The van der Waals surface area contributed by atoms with Crippen molar-refractivity contribution in [1.82, 2.24) is 4.90 Å². The van der Waals surface area contributed by atoms with Gasteiger partial charge in [-0.05, 0) is 50.5 Å². The fourth-order valence-electron chi connectivity index (χ4n) is 1.91. The maximum Gasteiger partial charge on any atom is 0.262 e. The molecule has 1 amide bonds. The quantitative estimate of drug-likeness (QED) is 0.750. The van der Waals surface area contributed by atoms with Gasteiger partial charge < -0.3 is 19.7 Å². The van der Waals surface area contributed by atoms with E-state index in [1.54, 1.807) is 42.5 Å². The molecule has 0 saturated carbocycles. The number of halogens is 2. The highest BCUT2D eigenvalue weighted by Gasteiger charge is 2.07. The number of carbonyl (C=O) groups is 1. The second-order valence-electron chi connectivity index (χ2n) is 5.59. The van der Waals surface area contributed by atoms with E-state index in [1.165, 1.54) is 0 Å². The molecule has 2 aromatic carbocycles. The highest BCUT2D eigenvalue weighted by Crippen LogP contribution is 2.27. The van der Waals surface area contributed by atoms with Gasteiger partial charge in [-0.15, -0.1) is 0 Å². The Morgan fingerprint density at radius 3 is 2.48 bits per heavy atom. The molecule has 0 atom stereocenters. The van der Waals surface area contributed by atoms with Crippen LogP contribution in [0.25, 0.3) is 0 Å². The van der Waals surface area contributed by atoms with Gasteiger partial charge in [0, 0.05) is 23.3 Å². The molecule has 2 aromatic rings. The fourth-order valence-corrected chi connectivity index (χ4v) is 2.24. The van der Waals surface area contributed by atoms with Crippen molar-refractivity contribution in [1.29, 1.82) is 0 Å². The first-order valence-electron chi connectivity index (χ1n) is 7.69. The van der Waals surface area contributed by atoms with Crippen LogP contribution in [0.1, 0.15) is 0 Å². The van der Waals surface area contributed by atoms with Crippen LogP contribution in [0.3, 0.4) is 0 Å². The molecule has 0 saturated heterocycles. The molecule has 0 heterocycles. The number of anilines is 1.